The lowest BCUT2D eigenvalue weighted by Crippen LogP contribution is -2.29. The van der Waals surface area contributed by atoms with E-state index in [1.165, 1.54) is 12.1 Å². The number of aryl methyl sites for hydroxylation is 2. The Morgan fingerprint density at radius 1 is 0.867 bits per heavy atom. The van der Waals surface area contributed by atoms with Gasteiger partial charge >= 0.3 is 6.18 Å². The first-order valence-electron chi connectivity index (χ1n) is 9.45. The van der Waals surface area contributed by atoms with Gasteiger partial charge in [-0.1, -0.05) is 60.2 Å². The van der Waals surface area contributed by atoms with E-state index in [9.17, 15) is 21.6 Å². The van der Waals surface area contributed by atoms with Crippen molar-refractivity contribution in [1.82, 2.24) is 4.72 Å². The number of hydrogen-bond donors (Lipinski definition) is 1. The molecule has 0 radical (unpaired) electrons. The summed E-state index contributed by atoms with van der Waals surface area (Å²) in [6.07, 6.45) is -3.55. The van der Waals surface area contributed by atoms with Crippen LogP contribution in [0.1, 0.15) is 34.7 Å². The van der Waals surface area contributed by atoms with E-state index in [0.29, 0.717) is 18.4 Å². The molecule has 1 N–H and O–H groups in total. The average Bonchev–Trinajstić information content (AvgIpc) is 2.72. The van der Waals surface area contributed by atoms with Crippen LogP contribution in [0.15, 0.2) is 83.8 Å². The first-order valence-corrected chi connectivity index (χ1v) is 10.9. The number of nitrogens with one attached hydrogen (secondary N) is 1. The molecule has 3 rings (SSSR count). The lowest BCUT2D eigenvalue weighted by atomic mass is 9.99. The number of alkyl halides is 3. The highest BCUT2D eigenvalue weighted by molar-refractivity contribution is 7.89. The molecule has 0 spiro atoms. The first kappa shape index (κ1) is 22.1. The van der Waals surface area contributed by atoms with Gasteiger partial charge in [-0.3, -0.25) is 0 Å². The number of benzene rings is 3. The van der Waals surface area contributed by atoms with E-state index in [-0.39, 0.29) is 4.90 Å². The molecule has 3 nitrogen and oxygen atoms in total. The third kappa shape index (κ3) is 5.70. The van der Waals surface area contributed by atoms with E-state index >= 15 is 0 Å². The van der Waals surface area contributed by atoms with Crippen LogP contribution in [-0.4, -0.2) is 8.42 Å². The number of sulfonamides is 1. The molecule has 0 aromatic heterocycles. The molecule has 0 aliphatic rings. The standard InChI is InChI=1S/C23H22F3NO2S/c1-17-7-14-21(15-8-17)30(28,29)27-22(19-5-3-2-4-6-19)16-11-18-9-12-20(13-10-18)23(24,25)26/h2-10,12-15,22,27H,11,16H2,1H3. The summed E-state index contributed by atoms with van der Waals surface area (Å²) in [5, 5.41) is 0. The Balaban J connectivity index is 1.79. The van der Waals surface area contributed by atoms with Gasteiger partial charge in [-0.2, -0.15) is 13.2 Å². The van der Waals surface area contributed by atoms with Gasteiger partial charge in [-0.25, -0.2) is 13.1 Å². The second-order valence-corrected chi connectivity index (χ2v) is 8.84. The van der Waals surface area contributed by atoms with Crippen molar-refractivity contribution in [2.24, 2.45) is 0 Å². The van der Waals surface area contributed by atoms with Crippen molar-refractivity contribution in [1.29, 1.82) is 0 Å². The quantitative estimate of drug-likeness (QED) is 0.522. The van der Waals surface area contributed by atoms with Crippen LogP contribution in [0.25, 0.3) is 0 Å². The minimum absolute atomic E-state index is 0.170. The van der Waals surface area contributed by atoms with E-state index < -0.39 is 27.8 Å². The molecular formula is C23H22F3NO2S. The topological polar surface area (TPSA) is 46.2 Å². The van der Waals surface area contributed by atoms with E-state index in [0.717, 1.165) is 23.3 Å². The molecule has 30 heavy (non-hydrogen) atoms. The summed E-state index contributed by atoms with van der Waals surface area (Å²) in [7, 11) is -3.75. The fourth-order valence-corrected chi connectivity index (χ4v) is 4.38. The van der Waals surface area contributed by atoms with Crippen molar-refractivity contribution in [2.75, 3.05) is 0 Å². The lowest BCUT2D eigenvalue weighted by Gasteiger charge is -2.20. The summed E-state index contributed by atoms with van der Waals surface area (Å²) in [6, 6.07) is 20.1. The maximum absolute atomic E-state index is 12.9. The van der Waals surface area contributed by atoms with Crippen molar-refractivity contribution in [3.8, 4) is 0 Å². The van der Waals surface area contributed by atoms with E-state index in [1.54, 1.807) is 24.3 Å². The van der Waals surface area contributed by atoms with Gasteiger partial charge in [-0.15, -0.1) is 0 Å². The molecule has 1 atom stereocenters. The van der Waals surface area contributed by atoms with Crippen molar-refractivity contribution in [3.63, 3.8) is 0 Å². The summed E-state index contributed by atoms with van der Waals surface area (Å²) in [5.74, 6) is 0. The highest BCUT2D eigenvalue weighted by Crippen LogP contribution is 2.30. The summed E-state index contributed by atoms with van der Waals surface area (Å²) in [5.41, 5.74) is 1.75. The van der Waals surface area contributed by atoms with Gasteiger partial charge in [0.15, 0.2) is 0 Å². The van der Waals surface area contributed by atoms with Crippen LogP contribution in [0.3, 0.4) is 0 Å². The van der Waals surface area contributed by atoms with Crippen LogP contribution in [0, 0.1) is 6.92 Å². The normalized spacial score (nSPS) is 13.2. The van der Waals surface area contributed by atoms with Gasteiger partial charge < -0.3 is 0 Å². The van der Waals surface area contributed by atoms with Crippen LogP contribution in [-0.2, 0) is 22.6 Å². The van der Waals surface area contributed by atoms with Gasteiger partial charge in [0.2, 0.25) is 10.0 Å². The van der Waals surface area contributed by atoms with Crippen LogP contribution in [0.5, 0.6) is 0 Å². The molecule has 158 valence electrons. The van der Waals surface area contributed by atoms with E-state index in [4.69, 9.17) is 0 Å². The van der Waals surface area contributed by atoms with Crippen molar-refractivity contribution < 1.29 is 21.6 Å². The van der Waals surface area contributed by atoms with E-state index in [2.05, 4.69) is 4.72 Å². The van der Waals surface area contributed by atoms with Gasteiger partial charge in [0.1, 0.15) is 0 Å². The Morgan fingerprint density at radius 3 is 2.03 bits per heavy atom. The Kier molecular flexibility index (Phi) is 6.63. The molecule has 1 unspecified atom stereocenters. The zero-order valence-corrected chi connectivity index (χ0v) is 17.2. The smallest absolute Gasteiger partial charge is 0.207 e. The zero-order valence-electron chi connectivity index (χ0n) is 16.4. The molecule has 0 heterocycles. The Morgan fingerprint density at radius 2 is 1.47 bits per heavy atom. The molecule has 0 bridgehead atoms. The minimum atomic E-state index is -4.38. The minimum Gasteiger partial charge on any atom is -0.207 e. The number of hydrogen-bond acceptors (Lipinski definition) is 2. The summed E-state index contributed by atoms with van der Waals surface area (Å²) >= 11 is 0. The van der Waals surface area contributed by atoms with Crippen LogP contribution in [0.2, 0.25) is 0 Å². The monoisotopic (exact) mass is 433 g/mol. The van der Waals surface area contributed by atoms with Gasteiger partial charge in [0.05, 0.1) is 10.5 Å². The molecule has 3 aromatic rings. The van der Waals surface area contributed by atoms with Gasteiger partial charge in [-0.05, 0) is 55.2 Å². The summed E-state index contributed by atoms with van der Waals surface area (Å²) < 4.78 is 66.7. The molecule has 0 amide bonds. The molecule has 0 fully saturated rings. The maximum atomic E-state index is 12.9. The summed E-state index contributed by atoms with van der Waals surface area (Å²) in [6.45, 7) is 1.88. The third-order valence-electron chi connectivity index (χ3n) is 4.83. The van der Waals surface area contributed by atoms with Gasteiger partial charge in [0.25, 0.3) is 0 Å². The Hall–Kier alpha value is -2.64. The van der Waals surface area contributed by atoms with Crippen molar-refractivity contribution in [2.45, 2.75) is 36.9 Å². The number of halogens is 3. The highest BCUT2D eigenvalue weighted by Gasteiger charge is 2.30. The number of rotatable bonds is 7. The second-order valence-electron chi connectivity index (χ2n) is 7.13. The second kappa shape index (κ2) is 9.02. The van der Waals surface area contributed by atoms with E-state index in [1.807, 2.05) is 37.3 Å². The first-order chi connectivity index (χ1) is 14.1. The summed E-state index contributed by atoms with van der Waals surface area (Å²) in [4.78, 5) is 0.170. The average molecular weight is 433 g/mol. The van der Waals surface area contributed by atoms with Crippen LogP contribution >= 0.6 is 0 Å². The van der Waals surface area contributed by atoms with Crippen molar-refractivity contribution in [3.05, 3.63) is 101 Å². The zero-order chi connectivity index (χ0) is 21.8. The fraction of sp³-hybridized carbons (Fsp3) is 0.217. The molecule has 0 saturated carbocycles. The largest absolute Gasteiger partial charge is 0.416 e. The van der Waals surface area contributed by atoms with Gasteiger partial charge in [0, 0.05) is 6.04 Å². The van der Waals surface area contributed by atoms with Crippen LogP contribution in [0.4, 0.5) is 13.2 Å². The molecule has 0 aliphatic carbocycles. The Labute approximate surface area is 174 Å². The van der Waals surface area contributed by atoms with Crippen LogP contribution < -0.4 is 4.72 Å². The molecular weight excluding hydrogens is 411 g/mol. The van der Waals surface area contributed by atoms with Crippen molar-refractivity contribution >= 4 is 10.0 Å². The fourth-order valence-electron chi connectivity index (χ4n) is 3.12. The SMILES string of the molecule is Cc1ccc(S(=O)(=O)NC(CCc2ccc(C(F)(F)F)cc2)c2ccccc2)cc1. The predicted molar refractivity (Wildman–Crippen MR) is 110 cm³/mol. The maximum Gasteiger partial charge on any atom is 0.416 e. The molecule has 7 heteroatoms. The molecule has 0 aliphatic heterocycles. The predicted octanol–water partition coefficient (Wildman–Crippen LogP) is 5.67. The highest BCUT2D eigenvalue weighted by atomic mass is 32.2. The Bertz CT molecular complexity index is 1060. The lowest BCUT2D eigenvalue weighted by molar-refractivity contribution is -0.137. The molecule has 3 aromatic carbocycles. The third-order valence-corrected chi connectivity index (χ3v) is 6.32. The molecule has 0 saturated heterocycles.